The van der Waals surface area contributed by atoms with Crippen molar-refractivity contribution in [3.05, 3.63) is 24.3 Å². The van der Waals surface area contributed by atoms with Crippen LogP contribution in [0.2, 0.25) is 0 Å². The second-order valence-electron chi connectivity index (χ2n) is 28.4. The van der Waals surface area contributed by atoms with E-state index >= 15 is 0 Å². The molecule has 3 N–H and O–H groups in total. The number of rotatable bonds is 78. The molecule has 0 aliphatic heterocycles. The highest BCUT2D eigenvalue weighted by atomic mass is 31.2. The standard InChI is InChI=1S/C80H152O17P2/c1-6-10-13-16-19-22-25-28-30-31-33-36-39-45-50-55-60-65-79(84)96-75(69-91-78(83)64-59-54-49-44-38-35-32-29-26-23-20-17-14-11-7-2)71-94-98(86,87)92-67-74(81)68-93-99(88,89)95-72-76(70-90-77(82)63-58-53-48-43-37-34-27-24-21-18-15-12-8-3)97-80(85)66-61-56-51-46-41-40-42-47-52-57-62-73(5)9-4/h23,26,29,32,73-76,81H,6-22,24-25,27-28,30-31,33-72H2,1-5H3,(H,86,87)(H,88,89)/b26-23-,32-29-/t73?,74-,75-,76-/m1/s1. The number of ether oxygens (including phenoxy) is 4. The van der Waals surface area contributed by atoms with E-state index < -0.39 is 97.5 Å². The van der Waals surface area contributed by atoms with Crippen molar-refractivity contribution in [2.45, 2.75) is 419 Å². The van der Waals surface area contributed by atoms with Crippen molar-refractivity contribution in [3.63, 3.8) is 0 Å². The van der Waals surface area contributed by atoms with Crippen molar-refractivity contribution in [1.82, 2.24) is 0 Å². The maximum Gasteiger partial charge on any atom is 0.472 e. The predicted octanol–water partition coefficient (Wildman–Crippen LogP) is 23.6. The zero-order chi connectivity index (χ0) is 72.7. The molecule has 0 spiro atoms. The topological polar surface area (TPSA) is 237 Å². The molecule has 0 aliphatic carbocycles. The Morgan fingerprint density at radius 2 is 0.566 bits per heavy atom. The van der Waals surface area contributed by atoms with Gasteiger partial charge in [0.1, 0.15) is 19.3 Å². The van der Waals surface area contributed by atoms with Gasteiger partial charge in [-0.3, -0.25) is 37.3 Å². The van der Waals surface area contributed by atoms with Crippen molar-refractivity contribution < 1.29 is 80.2 Å². The van der Waals surface area contributed by atoms with Gasteiger partial charge in [-0.15, -0.1) is 0 Å². The van der Waals surface area contributed by atoms with Gasteiger partial charge in [-0.1, -0.05) is 348 Å². The summed E-state index contributed by atoms with van der Waals surface area (Å²) in [5, 5.41) is 10.6. The first-order chi connectivity index (χ1) is 48.1. The summed E-state index contributed by atoms with van der Waals surface area (Å²) in [7, 11) is -9.93. The lowest BCUT2D eigenvalue weighted by molar-refractivity contribution is -0.161. The van der Waals surface area contributed by atoms with E-state index in [1.54, 1.807) is 0 Å². The first-order valence-electron chi connectivity index (χ1n) is 41.0. The maximum atomic E-state index is 13.1. The fourth-order valence-corrected chi connectivity index (χ4v) is 13.4. The van der Waals surface area contributed by atoms with Crippen LogP contribution in [0.1, 0.15) is 401 Å². The highest BCUT2D eigenvalue weighted by Crippen LogP contribution is 2.45. The fraction of sp³-hybridized carbons (Fsp3) is 0.900. The lowest BCUT2D eigenvalue weighted by atomic mass is 9.99. The van der Waals surface area contributed by atoms with Crippen LogP contribution in [-0.4, -0.2) is 96.7 Å². The van der Waals surface area contributed by atoms with Crippen LogP contribution < -0.4 is 0 Å². The third-order valence-electron chi connectivity index (χ3n) is 18.5. The Kier molecular flexibility index (Phi) is 70.7. The number of phosphoric acid groups is 2. The Balaban J connectivity index is 5.30. The minimum Gasteiger partial charge on any atom is -0.462 e. The van der Waals surface area contributed by atoms with Gasteiger partial charge < -0.3 is 33.8 Å². The highest BCUT2D eigenvalue weighted by molar-refractivity contribution is 7.47. The Morgan fingerprint density at radius 1 is 0.323 bits per heavy atom. The molecule has 0 aromatic rings. The Morgan fingerprint density at radius 3 is 0.859 bits per heavy atom. The summed E-state index contributed by atoms with van der Waals surface area (Å²) in [6.45, 7) is 7.29. The first kappa shape index (κ1) is 96.5. The van der Waals surface area contributed by atoms with E-state index in [1.807, 2.05) is 0 Å². The van der Waals surface area contributed by atoms with Crippen LogP contribution in [0.25, 0.3) is 0 Å². The second-order valence-corrected chi connectivity index (χ2v) is 31.3. The van der Waals surface area contributed by atoms with Crippen molar-refractivity contribution in [1.29, 1.82) is 0 Å². The van der Waals surface area contributed by atoms with E-state index in [0.29, 0.717) is 25.7 Å². The van der Waals surface area contributed by atoms with Crippen LogP contribution in [0.4, 0.5) is 0 Å². The number of aliphatic hydroxyl groups excluding tert-OH is 1. The van der Waals surface area contributed by atoms with Gasteiger partial charge in [-0.05, 0) is 57.3 Å². The molecular formula is C80H152O17P2. The average Bonchev–Trinajstić information content (AvgIpc) is 1.41. The number of carbonyl (C=O) groups is 4. The lowest BCUT2D eigenvalue weighted by Gasteiger charge is -2.21. The Labute approximate surface area is 605 Å². The number of aliphatic hydroxyl groups is 1. The van der Waals surface area contributed by atoms with Gasteiger partial charge in [-0.25, -0.2) is 9.13 Å². The van der Waals surface area contributed by atoms with E-state index in [4.69, 9.17) is 37.0 Å². The van der Waals surface area contributed by atoms with Gasteiger partial charge in [0.25, 0.3) is 0 Å². The van der Waals surface area contributed by atoms with Crippen LogP contribution in [0.15, 0.2) is 24.3 Å². The SMILES string of the molecule is CCCCCC/C=C\C=C/CCCCCCCC(=O)OC[C@H](COP(=O)(O)OC[C@@H](O)COP(=O)(O)OC[C@@H](COC(=O)CCCCCCCCCCCCCCC)OC(=O)CCCCCCCCCCCCC(C)CC)OC(=O)CCCCCCCCCCCCCCCCCCC. The molecule has 99 heavy (non-hydrogen) atoms. The minimum absolute atomic E-state index is 0.102. The number of hydrogen-bond donors (Lipinski definition) is 3. The van der Waals surface area contributed by atoms with Crippen LogP contribution >= 0.6 is 15.6 Å². The monoisotopic (exact) mass is 1450 g/mol. The number of carbonyl (C=O) groups excluding carboxylic acids is 4. The molecule has 0 aromatic heterocycles. The van der Waals surface area contributed by atoms with Gasteiger partial charge >= 0.3 is 39.5 Å². The third-order valence-corrected chi connectivity index (χ3v) is 20.4. The zero-order valence-corrected chi connectivity index (χ0v) is 65.9. The van der Waals surface area contributed by atoms with Crippen molar-refractivity contribution in [2.75, 3.05) is 39.6 Å². The molecule has 3 unspecified atom stereocenters. The predicted molar refractivity (Wildman–Crippen MR) is 404 cm³/mol. The van der Waals surface area contributed by atoms with Crippen LogP contribution in [-0.2, 0) is 65.4 Å². The van der Waals surface area contributed by atoms with E-state index in [1.165, 1.54) is 205 Å². The molecule has 17 nitrogen and oxygen atoms in total. The third kappa shape index (κ3) is 72.3. The quantitative estimate of drug-likeness (QED) is 0.0169. The van der Waals surface area contributed by atoms with E-state index in [9.17, 15) is 43.2 Å². The fourth-order valence-electron chi connectivity index (χ4n) is 11.8. The molecule has 584 valence electrons. The summed E-state index contributed by atoms with van der Waals surface area (Å²) in [5.74, 6) is -1.34. The van der Waals surface area contributed by atoms with Crippen LogP contribution in [0.3, 0.4) is 0 Å². The molecule has 0 saturated carbocycles. The number of allylic oxidation sites excluding steroid dienone is 4. The molecule has 0 bridgehead atoms. The van der Waals surface area contributed by atoms with Gasteiger partial charge in [0.15, 0.2) is 12.2 Å². The minimum atomic E-state index is -4.97. The van der Waals surface area contributed by atoms with Crippen molar-refractivity contribution >= 4 is 39.5 Å². The smallest absolute Gasteiger partial charge is 0.462 e. The molecule has 6 atom stereocenters. The summed E-state index contributed by atoms with van der Waals surface area (Å²) < 4.78 is 68.7. The summed E-state index contributed by atoms with van der Waals surface area (Å²) in [6, 6.07) is 0. The first-order valence-corrected chi connectivity index (χ1v) is 44.0. The van der Waals surface area contributed by atoms with Crippen molar-refractivity contribution in [2.24, 2.45) is 5.92 Å². The summed E-state index contributed by atoms with van der Waals surface area (Å²) >= 11 is 0. The van der Waals surface area contributed by atoms with Crippen LogP contribution in [0.5, 0.6) is 0 Å². The summed E-state index contributed by atoms with van der Waals surface area (Å²) in [4.78, 5) is 73.0. The number of unbranched alkanes of at least 4 members (excludes halogenated alkanes) is 46. The molecule has 19 heteroatoms. The maximum absolute atomic E-state index is 13.1. The lowest BCUT2D eigenvalue weighted by Crippen LogP contribution is -2.30. The normalized spacial score (nSPS) is 14.3. The molecule has 0 saturated heterocycles. The zero-order valence-electron chi connectivity index (χ0n) is 64.1. The van der Waals surface area contributed by atoms with Gasteiger partial charge in [0, 0.05) is 25.7 Å². The van der Waals surface area contributed by atoms with Gasteiger partial charge in [-0.2, -0.15) is 0 Å². The van der Waals surface area contributed by atoms with E-state index in [-0.39, 0.29) is 25.7 Å². The molecule has 0 heterocycles. The molecular weight excluding hydrogens is 1290 g/mol. The highest BCUT2D eigenvalue weighted by Gasteiger charge is 2.30. The molecule has 0 fully saturated rings. The van der Waals surface area contributed by atoms with Crippen LogP contribution in [0, 0.1) is 5.92 Å². The van der Waals surface area contributed by atoms with Gasteiger partial charge in [0.05, 0.1) is 26.4 Å². The average molecular weight is 1450 g/mol. The Hall–Kier alpha value is -2.46. The van der Waals surface area contributed by atoms with E-state index in [0.717, 1.165) is 115 Å². The number of hydrogen-bond acceptors (Lipinski definition) is 15. The molecule has 0 aromatic carbocycles. The Bertz CT molecular complexity index is 1990. The number of esters is 4. The molecule has 0 radical (unpaired) electrons. The summed E-state index contributed by atoms with van der Waals surface area (Å²) in [6.07, 6.45) is 65.8. The second kappa shape index (κ2) is 72.5. The van der Waals surface area contributed by atoms with Gasteiger partial charge in [0.2, 0.25) is 0 Å². The molecule has 0 aliphatic rings. The molecule has 0 rings (SSSR count). The summed E-state index contributed by atoms with van der Waals surface area (Å²) in [5.41, 5.74) is 0. The van der Waals surface area contributed by atoms with E-state index in [2.05, 4.69) is 58.9 Å². The van der Waals surface area contributed by atoms with Crippen molar-refractivity contribution in [3.8, 4) is 0 Å². The molecule has 0 amide bonds. The largest absolute Gasteiger partial charge is 0.472 e. The number of phosphoric ester groups is 2.